The van der Waals surface area contributed by atoms with Crippen LogP contribution in [-0.4, -0.2) is 38.2 Å². The van der Waals surface area contributed by atoms with Gasteiger partial charge in [0, 0.05) is 36.7 Å². The van der Waals surface area contributed by atoms with Gasteiger partial charge in [-0.05, 0) is 68.9 Å². The number of hydrogen-bond acceptors (Lipinski definition) is 6. The van der Waals surface area contributed by atoms with Gasteiger partial charge < -0.3 is 19.7 Å². The molecule has 0 aliphatic heterocycles. The standard InChI is InChI=1S/C27H30Cl2N4O4/c1-33-20(25(34)35)13-21(31-33)30-15-26-7-10-27(11-8-26,12-9-26)36-14-17-23(32-37-24(17)16-5-6-16)22-18(28)3-2-4-19(22)29/h2-4,13,16H,5-12,14-15H2,1H3,(H,30,31)(H,34,35). The quantitative estimate of drug-likeness (QED) is 0.309. The number of anilines is 1. The third-order valence-electron chi connectivity index (χ3n) is 8.57. The maximum Gasteiger partial charge on any atom is 0.354 e. The van der Waals surface area contributed by atoms with Crippen LogP contribution in [0.3, 0.4) is 0 Å². The van der Waals surface area contributed by atoms with Gasteiger partial charge in [0.1, 0.15) is 23.0 Å². The fourth-order valence-corrected chi connectivity index (χ4v) is 6.59. The van der Waals surface area contributed by atoms with E-state index in [-0.39, 0.29) is 16.7 Å². The summed E-state index contributed by atoms with van der Waals surface area (Å²) in [7, 11) is 1.65. The van der Waals surface area contributed by atoms with Crippen LogP contribution in [0.1, 0.15) is 79.1 Å². The van der Waals surface area contributed by atoms with Crippen molar-refractivity contribution in [1.82, 2.24) is 14.9 Å². The Kier molecular flexibility index (Phi) is 6.24. The number of aromatic carboxylic acids is 1. The third-order valence-corrected chi connectivity index (χ3v) is 9.20. The number of aryl methyl sites for hydroxylation is 1. The highest BCUT2D eigenvalue weighted by atomic mass is 35.5. The van der Waals surface area contributed by atoms with Crippen LogP contribution in [0.4, 0.5) is 5.82 Å². The molecule has 3 aromatic rings. The molecule has 0 amide bonds. The molecule has 2 bridgehead atoms. The van der Waals surface area contributed by atoms with Crippen LogP contribution >= 0.6 is 23.2 Å². The first-order valence-electron chi connectivity index (χ1n) is 12.9. The molecule has 4 aliphatic rings. The number of nitrogens with zero attached hydrogens (tertiary/aromatic N) is 3. The SMILES string of the molecule is Cn1nc(NCC23CCC(OCc4c(-c5c(Cl)cccc5Cl)noc4C4CC4)(CC2)CC3)cc1C(=O)O. The molecule has 1 aromatic carbocycles. The summed E-state index contributed by atoms with van der Waals surface area (Å²) in [4.78, 5) is 11.3. The maximum absolute atomic E-state index is 11.3. The van der Waals surface area contributed by atoms with Crippen LogP contribution < -0.4 is 5.32 Å². The summed E-state index contributed by atoms with van der Waals surface area (Å²) < 4.78 is 13.9. The molecular formula is C27H30Cl2N4O4. The van der Waals surface area contributed by atoms with Gasteiger partial charge in [0.05, 0.1) is 22.3 Å². The Labute approximate surface area is 225 Å². The number of ether oxygens (including phenoxy) is 1. The lowest BCUT2D eigenvalue weighted by atomic mass is 9.58. The smallest absolute Gasteiger partial charge is 0.354 e. The van der Waals surface area contributed by atoms with Gasteiger partial charge in [0.15, 0.2) is 0 Å². The third kappa shape index (κ3) is 4.64. The number of hydrogen-bond donors (Lipinski definition) is 2. The molecule has 2 heterocycles. The molecule has 4 aliphatic carbocycles. The first-order chi connectivity index (χ1) is 17.8. The largest absolute Gasteiger partial charge is 0.477 e. The Bertz CT molecular complexity index is 1300. The maximum atomic E-state index is 11.3. The van der Waals surface area contributed by atoms with Crippen LogP contribution in [0, 0.1) is 5.41 Å². The number of benzene rings is 1. The minimum absolute atomic E-state index is 0.150. The van der Waals surface area contributed by atoms with Gasteiger partial charge in [-0.25, -0.2) is 4.79 Å². The lowest BCUT2D eigenvalue weighted by Gasteiger charge is -2.53. The molecule has 0 unspecified atom stereocenters. The summed E-state index contributed by atoms with van der Waals surface area (Å²) in [6, 6.07) is 7.06. The molecule has 4 saturated carbocycles. The Morgan fingerprint density at radius 3 is 2.46 bits per heavy atom. The molecule has 2 N–H and O–H groups in total. The topological polar surface area (TPSA) is 102 Å². The molecule has 2 aromatic heterocycles. The fourth-order valence-electron chi connectivity index (χ4n) is 6.02. The number of fused-ring (bicyclic) bond motifs is 3. The molecule has 4 fully saturated rings. The second kappa shape index (κ2) is 9.33. The molecule has 37 heavy (non-hydrogen) atoms. The predicted octanol–water partition coefficient (Wildman–Crippen LogP) is 6.68. The van der Waals surface area contributed by atoms with E-state index >= 15 is 0 Å². The molecule has 7 rings (SSSR count). The summed E-state index contributed by atoms with van der Waals surface area (Å²) in [5, 5.41) is 22.5. The van der Waals surface area contributed by atoms with Crippen molar-refractivity contribution in [3.8, 4) is 11.3 Å². The molecule has 196 valence electrons. The lowest BCUT2D eigenvalue weighted by Crippen LogP contribution is -2.50. The van der Waals surface area contributed by atoms with Gasteiger partial charge in [-0.15, -0.1) is 0 Å². The first kappa shape index (κ1) is 24.8. The number of carbonyl (C=O) groups is 1. The van der Waals surface area contributed by atoms with E-state index in [1.165, 1.54) is 4.68 Å². The van der Waals surface area contributed by atoms with Crippen LogP contribution in [-0.2, 0) is 18.4 Å². The summed E-state index contributed by atoms with van der Waals surface area (Å²) in [6.45, 7) is 1.22. The van der Waals surface area contributed by atoms with E-state index in [1.54, 1.807) is 13.1 Å². The molecule has 0 saturated heterocycles. The van der Waals surface area contributed by atoms with E-state index < -0.39 is 5.97 Å². The summed E-state index contributed by atoms with van der Waals surface area (Å²) >= 11 is 13.0. The molecule has 0 atom stereocenters. The van der Waals surface area contributed by atoms with Crippen LogP contribution in [0.25, 0.3) is 11.3 Å². The molecular weight excluding hydrogens is 515 g/mol. The second-order valence-corrected chi connectivity index (χ2v) is 11.7. The van der Waals surface area contributed by atoms with Crippen LogP contribution in [0.2, 0.25) is 10.0 Å². The number of carboxylic acids is 1. The van der Waals surface area contributed by atoms with E-state index in [1.807, 2.05) is 18.2 Å². The average Bonchev–Trinajstić information content (AvgIpc) is 3.54. The Morgan fingerprint density at radius 2 is 1.86 bits per heavy atom. The normalized spacial score (nSPS) is 24.9. The minimum Gasteiger partial charge on any atom is -0.477 e. The molecule has 0 radical (unpaired) electrons. The number of carboxylic acid groups (broad SMARTS) is 1. The van der Waals surface area contributed by atoms with Crippen molar-refractivity contribution in [1.29, 1.82) is 0 Å². The Morgan fingerprint density at radius 1 is 1.19 bits per heavy atom. The van der Waals surface area contributed by atoms with Gasteiger partial charge in [-0.2, -0.15) is 5.10 Å². The number of aromatic nitrogens is 3. The van der Waals surface area contributed by atoms with Crippen molar-refractivity contribution >= 4 is 35.0 Å². The second-order valence-electron chi connectivity index (χ2n) is 10.9. The summed E-state index contributed by atoms with van der Waals surface area (Å²) in [5.41, 5.74) is 2.57. The highest BCUT2D eigenvalue weighted by Crippen LogP contribution is 2.55. The predicted molar refractivity (Wildman–Crippen MR) is 140 cm³/mol. The molecule has 10 heteroatoms. The van der Waals surface area contributed by atoms with E-state index in [9.17, 15) is 9.90 Å². The van der Waals surface area contributed by atoms with E-state index in [0.717, 1.165) is 69.2 Å². The highest BCUT2D eigenvalue weighted by molar-refractivity contribution is 6.39. The first-order valence-corrected chi connectivity index (χ1v) is 13.6. The van der Waals surface area contributed by atoms with E-state index in [0.29, 0.717) is 39.6 Å². The van der Waals surface area contributed by atoms with Crippen molar-refractivity contribution in [2.45, 2.75) is 69.5 Å². The van der Waals surface area contributed by atoms with Gasteiger partial charge in [0.2, 0.25) is 0 Å². The average molecular weight is 545 g/mol. The van der Waals surface area contributed by atoms with Crippen molar-refractivity contribution in [3.63, 3.8) is 0 Å². The zero-order valence-corrected chi connectivity index (χ0v) is 22.2. The van der Waals surface area contributed by atoms with E-state index in [4.69, 9.17) is 32.5 Å². The monoisotopic (exact) mass is 544 g/mol. The summed E-state index contributed by atoms with van der Waals surface area (Å²) in [5.74, 6) is 0.932. The minimum atomic E-state index is -0.976. The number of nitrogens with one attached hydrogen (secondary N) is 1. The number of rotatable bonds is 9. The van der Waals surface area contributed by atoms with Crippen molar-refractivity contribution in [2.24, 2.45) is 12.5 Å². The molecule has 0 spiro atoms. The van der Waals surface area contributed by atoms with Crippen molar-refractivity contribution in [3.05, 3.63) is 51.3 Å². The number of halogens is 2. The van der Waals surface area contributed by atoms with Crippen molar-refractivity contribution < 1.29 is 19.2 Å². The van der Waals surface area contributed by atoms with Gasteiger partial charge in [0.25, 0.3) is 0 Å². The zero-order chi connectivity index (χ0) is 25.8. The van der Waals surface area contributed by atoms with Crippen molar-refractivity contribution in [2.75, 3.05) is 11.9 Å². The van der Waals surface area contributed by atoms with Gasteiger partial charge in [-0.1, -0.05) is 34.4 Å². The van der Waals surface area contributed by atoms with Crippen LogP contribution in [0.15, 0.2) is 28.8 Å². The van der Waals surface area contributed by atoms with Gasteiger partial charge >= 0.3 is 5.97 Å². The Balaban J connectivity index is 1.14. The lowest BCUT2D eigenvalue weighted by molar-refractivity contribution is -0.140. The highest BCUT2D eigenvalue weighted by Gasteiger charge is 2.49. The summed E-state index contributed by atoms with van der Waals surface area (Å²) in [6.07, 6.45) is 8.34. The zero-order valence-electron chi connectivity index (χ0n) is 20.7. The van der Waals surface area contributed by atoms with E-state index in [2.05, 4.69) is 15.6 Å². The van der Waals surface area contributed by atoms with Crippen LogP contribution in [0.5, 0.6) is 0 Å². The molecule has 8 nitrogen and oxygen atoms in total. The van der Waals surface area contributed by atoms with Gasteiger partial charge in [-0.3, -0.25) is 4.68 Å². The Hall–Kier alpha value is -2.55. The fraction of sp³-hybridized carbons (Fsp3) is 0.519.